The highest BCUT2D eigenvalue weighted by molar-refractivity contribution is 5.76. The van der Waals surface area contributed by atoms with Crippen LogP contribution in [0, 0.1) is 0 Å². The molecular weight excluding hydrogens is 1190 g/mol. The Bertz CT molecular complexity index is 1730. The van der Waals surface area contributed by atoms with E-state index in [-0.39, 0.29) is 18.9 Å². The van der Waals surface area contributed by atoms with Crippen molar-refractivity contribution in [3.05, 3.63) is 36.5 Å². The van der Waals surface area contributed by atoms with E-state index in [0.717, 1.165) is 44.9 Å². The van der Waals surface area contributed by atoms with Crippen molar-refractivity contribution in [3.63, 3.8) is 0 Å². The average Bonchev–Trinajstić information content (AvgIpc) is 0.927. The molecule has 2 aliphatic heterocycles. The second-order valence-corrected chi connectivity index (χ2v) is 28.9. The third-order valence-electron chi connectivity index (χ3n) is 20.1. The molecule has 1 amide bonds. The molecule has 560 valence electrons. The first kappa shape index (κ1) is 89.3. The molecule has 0 aromatic heterocycles. The molecule has 14 heteroatoms. The number of nitrogens with one attached hydrogen (secondary N) is 1. The van der Waals surface area contributed by atoms with E-state index in [1.165, 1.54) is 308 Å². The van der Waals surface area contributed by atoms with E-state index in [9.17, 15) is 45.6 Å². The number of aliphatic hydroxyl groups excluding tert-OH is 8. The van der Waals surface area contributed by atoms with E-state index in [0.29, 0.717) is 6.42 Å². The zero-order valence-corrected chi connectivity index (χ0v) is 61.4. The molecule has 0 aromatic carbocycles. The lowest BCUT2D eigenvalue weighted by Crippen LogP contribution is -2.65. The third-order valence-corrected chi connectivity index (χ3v) is 20.1. The summed E-state index contributed by atoms with van der Waals surface area (Å²) in [6.45, 7) is 2.85. The van der Waals surface area contributed by atoms with Crippen LogP contribution >= 0.6 is 0 Å². The molecule has 95 heavy (non-hydrogen) atoms. The highest BCUT2D eigenvalue weighted by Crippen LogP contribution is 2.30. The zero-order chi connectivity index (χ0) is 68.7. The number of ether oxygens (including phenoxy) is 4. The first-order valence-corrected chi connectivity index (χ1v) is 40.7. The number of carbonyl (C=O) groups excluding carboxylic acids is 1. The molecule has 2 fully saturated rings. The largest absolute Gasteiger partial charge is 0.394 e. The van der Waals surface area contributed by atoms with Crippen LogP contribution in [0.5, 0.6) is 0 Å². The smallest absolute Gasteiger partial charge is 0.220 e. The first-order valence-electron chi connectivity index (χ1n) is 40.7. The Morgan fingerprint density at radius 2 is 0.695 bits per heavy atom. The summed E-state index contributed by atoms with van der Waals surface area (Å²) >= 11 is 0. The summed E-state index contributed by atoms with van der Waals surface area (Å²) in [7, 11) is 0. The van der Waals surface area contributed by atoms with Crippen molar-refractivity contribution >= 4 is 5.91 Å². The van der Waals surface area contributed by atoms with Crippen LogP contribution in [0.1, 0.15) is 380 Å². The van der Waals surface area contributed by atoms with Gasteiger partial charge in [-0.05, 0) is 51.4 Å². The maximum Gasteiger partial charge on any atom is 0.220 e. The molecule has 0 spiro atoms. The minimum absolute atomic E-state index is 0.231. The normalized spacial score (nSPS) is 22.5. The van der Waals surface area contributed by atoms with Gasteiger partial charge in [0.25, 0.3) is 0 Å². The van der Waals surface area contributed by atoms with Crippen LogP contribution in [0.3, 0.4) is 0 Å². The predicted molar refractivity (Wildman–Crippen MR) is 392 cm³/mol. The van der Waals surface area contributed by atoms with Crippen LogP contribution in [-0.4, -0.2) is 140 Å². The van der Waals surface area contributed by atoms with Gasteiger partial charge in [0, 0.05) is 6.42 Å². The van der Waals surface area contributed by atoms with Gasteiger partial charge < -0.3 is 65.1 Å². The van der Waals surface area contributed by atoms with Gasteiger partial charge >= 0.3 is 0 Å². The van der Waals surface area contributed by atoms with E-state index in [1.807, 2.05) is 6.08 Å². The van der Waals surface area contributed by atoms with Crippen LogP contribution in [0.25, 0.3) is 0 Å². The predicted octanol–water partition coefficient (Wildman–Crippen LogP) is 18.4. The maximum absolute atomic E-state index is 13.4. The fraction of sp³-hybridized carbons (Fsp3) is 0.914. The van der Waals surface area contributed by atoms with Gasteiger partial charge in [0.05, 0.1) is 32.0 Å². The second kappa shape index (κ2) is 65.5. The standard InChI is InChI=1S/C81H153NO13/c1-3-5-7-9-11-13-15-17-19-21-23-25-27-29-30-31-32-33-34-35-36-37-38-39-40-41-43-45-47-49-51-53-55-57-59-61-63-65-73(86)82-69(68-92-80-78(91)76(89)79(72(67-84)94-80)95-81-77(90)75(88)74(87)71(66-83)93-81)70(85)64-62-60-58-56-54-52-50-48-46-44-42-28-26-24-22-20-18-16-14-12-10-8-6-4-2/h15,17,21,23,62,64,69-72,74-81,83-85,87-91H,3-14,16,18-20,22,24-61,63,65-68H2,1-2H3,(H,82,86)/b17-15-,23-21-,64-62+. The maximum atomic E-state index is 13.4. The molecule has 12 atom stereocenters. The molecule has 2 rings (SSSR count). The molecule has 9 N–H and O–H groups in total. The van der Waals surface area contributed by atoms with Crippen molar-refractivity contribution in [2.45, 2.75) is 453 Å². The Balaban J connectivity index is 1.58. The molecule has 2 heterocycles. The summed E-state index contributed by atoms with van der Waals surface area (Å²) in [5, 5.41) is 87.7. The van der Waals surface area contributed by atoms with Crippen molar-refractivity contribution in [1.82, 2.24) is 5.32 Å². The number of unbranched alkanes of at least 4 members (excludes halogenated alkanes) is 52. The van der Waals surface area contributed by atoms with E-state index < -0.39 is 86.8 Å². The van der Waals surface area contributed by atoms with Crippen LogP contribution < -0.4 is 5.32 Å². The minimum Gasteiger partial charge on any atom is -0.394 e. The Labute approximate surface area is 582 Å². The first-order chi connectivity index (χ1) is 46.6. The number of allylic oxidation sites excluding steroid dienone is 5. The summed E-state index contributed by atoms with van der Waals surface area (Å²) in [5.41, 5.74) is 0. The van der Waals surface area contributed by atoms with Gasteiger partial charge in [-0.1, -0.05) is 359 Å². The number of hydrogen-bond acceptors (Lipinski definition) is 13. The number of aliphatic hydroxyl groups is 8. The van der Waals surface area contributed by atoms with Crippen LogP contribution in [0.2, 0.25) is 0 Å². The van der Waals surface area contributed by atoms with Gasteiger partial charge in [-0.3, -0.25) is 4.79 Å². The average molecular weight is 1350 g/mol. The van der Waals surface area contributed by atoms with Gasteiger partial charge in [-0.15, -0.1) is 0 Å². The molecule has 0 saturated carbocycles. The van der Waals surface area contributed by atoms with E-state index in [1.54, 1.807) is 6.08 Å². The Morgan fingerprint density at radius 3 is 1.05 bits per heavy atom. The topological polar surface area (TPSA) is 228 Å². The molecule has 2 aliphatic rings. The molecule has 0 radical (unpaired) electrons. The van der Waals surface area contributed by atoms with E-state index in [2.05, 4.69) is 43.5 Å². The number of rotatable bonds is 69. The van der Waals surface area contributed by atoms with Gasteiger partial charge in [0.1, 0.15) is 48.8 Å². The monoisotopic (exact) mass is 1350 g/mol. The van der Waals surface area contributed by atoms with Crippen molar-refractivity contribution in [2.75, 3.05) is 19.8 Å². The van der Waals surface area contributed by atoms with Gasteiger partial charge in [0.2, 0.25) is 5.91 Å². The SMILES string of the molecule is CCCCCCC/C=C\C/C=C\CCCCCCCCCCCCCCCCCCCCCCCCCCCC(=O)NC(COC1OC(CO)C(OC2OC(CO)C(O)C(O)C2O)C(O)C1O)C(O)/C=C/CCCCCCCCCCCCCCCCCCCCCCCC. The van der Waals surface area contributed by atoms with Crippen molar-refractivity contribution in [3.8, 4) is 0 Å². The molecular formula is C81H153NO13. The molecule has 0 aliphatic carbocycles. The number of carbonyl (C=O) groups is 1. The van der Waals surface area contributed by atoms with Gasteiger partial charge in [-0.2, -0.15) is 0 Å². The zero-order valence-electron chi connectivity index (χ0n) is 61.4. The summed E-state index contributed by atoms with van der Waals surface area (Å²) in [4.78, 5) is 13.4. The molecule has 2 saturated heterocycles. The molecule has 14 nitrogen and oxygen atoms in total. The quantitative estimate of drug-likeness (QED) is 0.0204. The molecule has 0 aromatic rings. The Kier molecular flexibility index (Phi) is 61.6. The lowest BCUT2D eigenvalue weighted by atomic mass is 9.97. The van der Waals surface area contributed by atoms with E-state index >= 15 is 0 Å². The Morgan fingerprint density at radius 1 is 0.379 bits per heavy atom. The van der Waals surface area contributed by atoms with E-state index in [4.69, 9.17) is 18.9 Å². The summed E-state index contributed by atoms with van der Waals surface area (Å²) in [6.07, 6.45) is 69.5. The molecule has 12 unspecified atom stereocenters. The summed E-state index contributed by atoms with van der Waals surface area (Å²) in [6, 6.07) is -0.914. The van der Waals surface area contributed by atoms with Crippen LogP contribution in [-0.2, 0) is 23.7 Å². The van der Waals surface area contributed by atoms with Crippen molar-refractivity contribution < 1.29 is 64.6 Å². The van der Waals surface area contributed by atoms with Crippen LogP contribution in [0.4, 0.5) is 0 Å². The fourth-order valence-corrected chi connectivity index (χ4v) is 13.6. The highest BCUT2D eigenvalue weighted by Gasteiger charge is 2.51. The third kappa shape index (κ3) is 48.6. The number of hydrogen-bond donors (Lipinski definition) is 9. The van der Waals surface area contributed by atoms with Gasteiger partial charge in [0.15, 0.2) is 12.6 Å². The Hall–Kier alpha value is -1.79. The lowest BCUT2D eigenvalue weighted by Gasteiger charge is -2.46. The fourth-order valence-electron chi connectivity index (χ4n) is 13.6. The minimum atomic E-state index is -1.79. The van der Waals surface area contributed by atoms with Crippen molar-refractivity contribution in [1.29, 1.82) is 0 Å². The second-order valence-electron chi connectivity index (χ2n) is 28.9. The van der Waals surface area contributed by atoms with Gasteiger partial charge in [-0.25, -0.2) is 0 Å². The molecule has 0 bridgehead atoms. The summed E-state index contributed by atoms with van der Waals surface area (Å²) in [5.74, 6) is -0.231. The lowest BCUT2D eigenvalue weighted by molar-refractivity contribution is -0.359. The van der Waals surface area contributed by atoms with Crippen LogP contribution in [0.15, 0.2) is 36.5 Å². The van der Waals surface area contributed by atoms with Crippen molar-refractivity contribution in [2.24, 2.45) is 0 Å². The number of amides is 1. The summed E-state index contributed by atoms with van der Waals surface area (Å²) < 4.78 is 22.9. The highest BCUT2D eigenvalue weighted by atomic mass is 16.7.